The summed E-state index contributed by atoms with van der Waals surface area (Å²) in [6.45, 7) is 2.51. The van der Waals surface area contributed by atoms with E-state index in [9.17, 15) is 4.79 Å². The molecule has 1 saturated carbocycles. The van der Waals surface area contributed by atoms with Crippen LogP contribution in [0.3, 0.4) is 0 Å². The number of aromatic amines is 1. The average Bonchev–Trinajstić information content (AvgIpc) is 3.33. The predicted octanol–water partition coefficient (Wildman–Crippen LogP) is 5.51. The van der Waals surface area contributed by atoms with Crippen LogP contribution in [0.5, 0.6) is 5.75 Å². The number of fused-ring (bicyclic) bond motifs is 2. The highest BCUT2D eigenvalue weighted by Gasteiger charge is 2.36. The Kier molecular flexibility index (Phi) is 5.23. The summed E-state index contributed by atoms with van der Waals surface area (Å²) < 4.78 is 7.85. The zero-order chi connectivity index (χ0) is 24.9. The standard InChI is InChI=1S/C30H29N5O2/c1-37-25-10-11-26-28(15-25)35(18-19-12-13-34(17-19)30(36)22-6-7-22)29(32-26)21-4-2-20(3-5-21)23-8-9-24-16-31-33-27(24)14-23/h2-5,8-11,14-16,19,22H,6-7,12-13,17-18H2,1H3,(H,31,33). The lowest BCUT2D eigenvalue weighted by atomic mass is 10.0. The van der Waals surface area contributed by atoms with Crippen molar-refractivity contribution >= 4 is 27.8 Å². The van der Waals surface area contributed by atoms with Crippen LogP contribution in [-0.2, 0) is 11.3 Å². The Morgan fingerprint density at radius 1 is 1.00 bits per heavy atom. The summed E-state index contributed by atoms with van der Waals surface area (Å²) in [7, 11) is 1.69. The molecule has 186 valence electrons. The molecular formula is C30H29N5O2. The van der Waals surface area contributed by atoms with Crippen molar-refractivity contribution in [1.29, 1.82) is 0 Å². The number of H-pyrrole nitrogens is 1. The minimum Gasteiger partial charge on any atom is -0.497 e. The molecule has 0 spiro atoms. The summed E-state index contributed by atoms with van der Waals surface area (Å²) in [5, 5.41) is 8.29. The predicted molar refractivity (Wildman–Crippen MR) is 144 cm³/mol. The van der Waals surface area contributed by atoms with E-state index in [1.165, 1.54) is 0 Å². The molecule has 7 nitrogen and oxygen atoms in total. The van der Waals surface area contributed by atoms with Gasteiger partial charge in [0.2, 0.25) is 5.91 Å². The Morgan fingerprint density at radius 2 is 1.81 bits per heavy atom. The zero-order valence-electron chi connectivity index (χ0n) is 20.9. The maximum atomic E-state index is 12.6. The van der Waals surface area contributed by atoms with Gasteiger partial charge in [0.15, 0.2) is 0 Å². The smallest absolute Gasteiger partial charge is 0.225 e. The van der Waals surface area contributed by atoms with Gasteiger partial charge in [-0.05, 0) is 54.5 Å². The van der Waals surface area contributed by atoms with E-state index in [1.807, 2.05) is 18.3 Å². The quantitative estimate of drug-likeness (QED) is 0.340. The molecule has 1 amide bonds. The fourth-order valence-electron chi connectivity index (χ4n) is 5.59. The number of likely N-dealkylation sites (tertiary alicyclic amines) is 1. The molecule has 1 atom stereocenters. The van der Waals surface area contributed by atoms with Crippen LogP contribution >= 0.6 is 0 Å². The molecule has 3 aromatic carbocycles. The third-order valence-electron chi connectivity index (χ3n) is 7.84. The molecule has 1 aliphatic carbocycles. The molecule has 1 N–H and O–H groups in total. The van der Waals surface area contributed by atoms with Gasteiger partial charge in [-0.2, -0.15) is 5.10 Å². The molecule has 2 aromatic heterocycles. The summed E-state index contributed by atoms with van der Waals surface area (Å²) in [6.07, 6.45) is 4.98. The number of hydrogen-bond acceptors (Lipinski definition) is 4. The number of aromatic nitrogens is 4. The number of nitrogens with zero attached hydrogens (tertiary/aromatic N) is 4. The maximum absolute atomic E-state index is 12.6. The molecule has 5 aromatic rings. The summed E-state index contributed by atoms with van der Waals surface area (Å²) in [6, 6.07) is 21.0. The van der Waals surface area contributed by atoms with Crippen LogP contribution in [0, 0.1) is 11.8 Å². The lowest BCUT2D eigenvalue weighted by Crippen LogP contribution is -2.30. The van der Waals surface area contributed by atoms with Crippen LogP contribution in [0.2, 0.25) is 0 Å². The second kappa shape index (κ2) is 8.76. The number of carbonyl (C=O) groups excluding carboxylic acids is 1. The van der Waals surface area contributed by atoms with E-state index < -0.39 is 0 Å². The zero-order valence-corrected chi connectivity index (χ0v) is 20.9. The molecule has 1 saturated heterocycles. The highest BCUT2D eigenvalue weighted by atomic mass is 16.5. The largest absolute Gasteiger partial charge is 0.497 e. The Balaban J connectivity index is 1.22. The molecule has 0 bridgehead atoms. The van der Waals surface area contributed by atoms with Gasteiger partial charge in [-0.1, -0.05) is 36.4 Å². The third kappa shape index (κ3) is 4.04. The Labute approximate surface area is 215 Å². The molecule has 1 unspecified atom stereocenters. The van der Waals surface area contributed by atoms with Crippen LogP contribution in [0.1, 0.15) is 19.3 Å². The minimum absolute atomic E-state index is 0.278. The summed E-state index contributed by atoms with van der Waals surface area (Å²) >= 11 is 0. The molecule has 3 heterocycles. The van der Waals surface area contributed by atoms with E-state index in [-0.39, 0.29) is 5.92 Å². The first-order valence-electron chi connectivity index (χ1n) is 13.0. The van der Waals surface area contributed by atoms with Crippen molar-refractivity contribution in [2.24, 2.45) is 11.8 Å². The topological polar surface area (TPSA) is 76.0 Å². The van der Waals surface area contributed by atoms with Gasteiger partial charge in [0.25, 0.3) is 0 Å². The van der Waals surface area contributed by atoms with Gasteiger partial charge < -0.3 is 14.2 Å². The van der Waals surface area contributed by atoms with Crippen LogP contribution in [0.25, 0.3) is 44.5 Å². The third-order valence-corrected chi connectivity index (χ3v) is 7.84. The van der Waals surface area contributed by atoms with E-state index in [0.29, 0.717) is 11.8 Å². The first kappa shape index (κ1) is 22.1. The van der Waals surface area contributed by atoms with Crippen LogP contribution in [0.4, 0.5) is 0 Å². The fourth-order valence-corrected chi connectivity index (χ4v) is 5.59. The molecule has 7 rings (SSSR count). The number of imidazole rings is 1. The molecule has 0 radical (unpaired) electrons. The number of methoxy groups -OCH3 is 1. The average molecular weight is 492 g/mol. The van der Waals surface area contributed by atoms with Gasteiger partial charge in [-0.25, -0.2) is 4.98 Å². The number of amides is 1. The Morgan fingerprint density at radius 3 is 2.62 bits per heavy atom. The van der Waals surface area contributed by atoms with Crippen molar-refractivity contribution < 1.29 is 9.53 Å². The normalized spacial score (nSPS) is 17.6. The highest BCUT2D eigenvalue weighted by Crippen LogP contribution is 2.35. The lowest BCUT2D eigenvalue weighted by Gasteiger charge is -2.18. The summed E-state index contributed by atoms with van der Waals surface area (Å²) in [5.74, 6) is 2.81. The van der Waals surface area contributed by atoms with Crippen LogP contribution < -0.4 is 4.74 Å². The van der Waals surface area contributed by atoms with Gasteiger partial charge in [-0.3, -0.25) is 9.89 Å². The van der Waals surface area contributed by atoms with Gasteiger partial charge in [-0.15, -0.1) is 0 Å². The van der Waals surface area contributed by atoms with Crippen molar-refractivity contribution in [3.8, 4) is 28.3 Å². The number of nitrogens with one attached hydrogen (secondary N) is 1. The number of benzene rings is 3. The van der Waals surface area contributed by atoms with Gasteiger partial charge in [0.1, 0.15) is 11.6 Å². The van der Waals surface area contributed by atoms with Gasteiger partial charge in [0, 0.05) is 42.6 Å². The Bertz CT molecular complexity index is 1610. The SMILES string of the molecule is COc1ccc2nc(-c3ccc(-c4ccc5cn[nH]c5c4)cc3)n(CC3CCN(C(=O)C4CC4)C3)c2c1. The molecule has 2 fully saturated rings. The number of ether oxygens (including phenoxy) is 1. The van der Waals surface area contributed by atoms with Crippen LogP contribution in [-0.4, -0.2) is 50.8 Å². The monoisotopic (exact) mass is 491 g/mol. The van der Waals surface area contributed by atoms with E-state index in [2.05, 4.69) is 68.2 Å². The second-order valence-electron chi connectivity index (χ2n) is 10.4. The molecule has 1 aliphatic heterocycles. The summed E-state index contributed by atoms with van der Waals surface area (Å²) in [4.78, 5) is 19.7. The molecule has 7 heteroatoms. The number of rotatable bonds is 6. The van der Waals surface area contributed by atoms with E-state index >= 15 is 0 Å². The Hall–Kier alpha value is -4.13. The van der Waals surface area contributed by atoms with Crippen LogP contribution in [0.15, 0.2) is 66.9 Å². The first-order valence-corrected chi connectivity index (χ1v) is 13.0. The summed E-state index contributed by atoms with van der Waals surface area (Å²) in [5.41, 5.74) is 6.42. The molecular weight excluding hydrogens is 462 g/mol. The van der Waals surface area contributed by atoms with E-state index in [4.69, 9.17) is 9.72 Å². The molecule has 37 heavy (non-hydrogen) atoms. The number of hydrogen-bond donors (Lipinski definition) is 1. The number of carbonyl (C=O) groups is 1. The van der Waals surface area contributed by atoms with E-state index in [1.54, 1.807) is 7.11 Å². The maximum Gasteiger partial charge on any atom is 0.225 e. The molecule has 2 aliphatic rings. The van der Waals surface area contributed by atoms with Crippen molar-refractivity contribution in [2.75, 3.05) is 20.2 Å². The fraction of sp³-hybridized carbons (Fsp3) is 0.300. The van der Waals surface area contributed by atoms with Crippen molar-refractivity contribution in [3.05, 3.63) is 66.9 Å². The first-order chi connectivity index (χ1) is 18.2. The minimum atomic E-state index is 0.278. The van der Waals surface area contributed by atoms with Gasteiger partial charge in [0.05, 0.1) is 29.9 Å². The lowest BCUT2D eigenvalue weighted by molar-refractivity contribution is -0.131. The highest BCUT2D eigenvalue weighted by molar-refractivity contribution is 5.85. The van der Waals surface area contributed by atoms with Crippen molar-refractivity contribution in [1.82, 2.24) is 24.6 Å². The van der Waals surface area contributed by atoms with Gasteiger partial charge >= 0.3 is 0 Å². The van der Waals surface area contributed by atoms with Crippen molar-refractivity contribution in [3.63, 3.8) is 0 Å². The van der Waals surface area contributed by atoms with Crippen molar-refractivity contribution in [2.45, 2.75) is 25.8 Å². The second-order valence-corrected chi connectivity index (χ2v) is 10.4. The van der Waals surface area contributed by atoms with E-state index in [0.717, 1.165) is 89.1 Å².